The normalized spacial score (nSPS) is 17.8. The van der Waals surface area contributed by atoms with Gasteiger partial charge in [-0.1, -0.05) is 42.5 Å². The lowest BCUT2D eigenvalue weighted by Crippen LogP contribution is -2.47. The van der Waals surface area contributed by atoms with Gasteiger partial charge < -0.3 is 15.0 Å². The summed E-state index contributed by atoms with van der Waals surface area (Å²) in [4.78, 5) is 14.8. The van der Waals surface area contributed by atoms with E-state index in [1.165, 1.54) is 11.1 Å². The third-order valence-corrected chi connectivity index (χ3v) is 5.00. The van der Waals surface area contributed by atoms with Crippen molar-refractivity contribution in [2.75, 3.05) is 13.7 Å². The number of hydrogen-bond donors (Lipinski definition) is 1. The third kappa shape index (κ3) is 4.78. The van der Waals surface area contributed by atoms with Gasteiger partial charge in [0.15, 0.2) is 0 Å². The van der Waals surface area contributed by atoms with Crippen LogP contribution in [0, 0.1) is 0 Å². The molecule has 0 saturated carbocycles. The van der Waals surface area contributed by atoms with Crippen molar-refractivity contribution in [3.8, 4) is 5.75 Å². The maximum Gasteiger partial charge on any atom is 0.317 e. The highest BCUT2D eigenvalue weighted by molar-refractivity contribution is 5.75. The quantitative estimate of drug-likeness (QED) is 0.852. The van der Waals surface area contributed by atoms with Crippen LogP contribution in [-0.4, -0.2) is 36.7 Å². The minimum atomic E-state index is 0.0545. The Morgan fingerprint density at radius 1 is 1.19 bits per heavy atom. The van der Waals surface area contributed by atoms with Crippen molar-refractivity contribution in [1.29, 1.82) is 0 Å². The summed E-state index contributed by atoms with van der Waals surface area (Å²) in [6.07, 6.45) is 3.88. The van der Waals surface area contributed by atoms with E-state index in [0.29, 0.717) is 6.04 Å². The summed E-state index contributed by atoms with van der Waals surface area (Å²) in [6, 6.07) is 18.9. The van der Waals surface area contributed by atoms with E-state index in [2.05, 4.69) is 42.6 Å². The Labute approximate surface area is 156 Å². The number of likely N-dealkylation sites (tertiary alicyclic amines) is 1. The van der Waals surface area contributed by atoms with Gasteiger partial charge in [-0.25, -0.2) is 4.79 Å². The van der Waals surface area contributed by atoms with Crippen LogP contribution in [0.3, 0.4) is 0 Å². The lowest BCUT2D eigenvalue weighted by Gasteiger charge is -2.27. The summed E-state index contributed by atoms with van der Waals surface area (Å²) in [5.41, 5.74) is 2.46. The van der Waals surface area contributed by atoms with E-state index < -0.39 is 0 Å². The number of rotatable bonds is 6. The summed E-state index contributed by atoms with van der Waals surface area (Å²) in [6.45, 7) is 2.90. The maximum absolute atomic E-state index is 12.8. The molecule has 0 radical (unpaired) electrons. The first-order valence-corrected chi connectivity index (χ1v) is 9.39. The zero-order valence-corrected chi connectivity index (χ0v) is 15.7. The topological polar surface area (TPSA) is 41.6 Å². The van der Waals surface area contributed by atoms with E-state index in [1.807, 2.05) is 29.2 Å². The number of methoxy groups -OCH3 is 1. The smallest absolute Gasteiger partial charge is 0.317 e. The Morgan fingerprint density at radius 3 is 2.73 bits per heavy atom. The predicted octanol–water partition coefficient (Wildman–Crippen LogP) is 4.04. The van der Waals surface area contributed by atoms with Crippen LogP contribution in [-0.2, 0) is 12.8 Å². The number of amides is 2. The van der Waals surface area contributed by atoms with Crippen molar-refractivity contribution in [3.63, 3.8) is 0 Å². The van der Waals surface area contributed by atoms with Gasteiger partial charge in [-0.05, 0) is 55.9 Å². The van der Waals surface area contributed by atoms with Crippen LogP contribution >= 0.6 is 0 Å². The van der Waals surface area contributed by atoms with Crippen molar-refractivity contribution in [3.05, 3.63) is 65.7 Å². The number of carbonyl (C=O) groups excluding carboxylic acids is 1. The van der Waals surface area contributed by atoms with Gasteiger partial charge in [-0.2, -0.15) is 0 Å². The molecular formula is C22H28N2O2. The van der Waals surface area contributed by atoms with Crippen LogP contribution in [0.2, 0.25) is 0 Å². The van der Waals surface area contributed by atoms with Crippen LogP contribution in [0.5, 0.6) is 5.75 Å². The second-order valence-electron chi connectivity index (χ2n) is 7.09. The molecule has 2 aromatic rings. The molecule has 4 heteroatoms. The van der Waals surface area contributed by atoms with Crippen LogP contribution in [0.1, 0.15) is 30.9 Å². The Kier molecular flexibility index (Phi) is 6.16. The van der Waals surface area contributed by atoms with E-state index >= 15 is 0 Å². The molecule has 0 bridgehead atoms. The fourth-order valence-corrected chi connectivity index (χ4v) is 3.70. The average Bonchev–Trinajstić information content (AvgIpc) is 3.11. The lowest BCUT2D eigenvalue weighted by atomic mass is 10.0. The van der Waals surface area contributed by atoms with Gasteiger partial charge in [0.2, 0.25) is 0 Å². The Bertz CT molecular complexity index is 717. The van der Waals surface area contributed by atoms with Gasteiger partial charge in [0, 0.05) is 18.6 Å². The molecule has 3 rings (SSSR count). The molecule has 0 spiro atoms. The zero-order valence-electron chi connectivity index (χ0n) is 15.7. The molecule has 2 aromatic carbocycles. The number of ether oxygens (including phenoxy) is 1. The van der Waals surface area contributed by atoms with Gasteiger partial charge in [0.25, 0.3) is 0 Å². The monoisotopic (exact) mass is 352 g/mol. The Morgan fingerprint density at radius 2 is 1.96 bits per heavy atom. The molecule has 2 unspecified atom stereocenters. The van der Waals surface area contributed by atoms with E-state index in [4.69, 9.17) is 4.74 Å². The molecule has 138 valence electrons. The highest BCUT2D eigenvalue weighted by atomic mass is 16.5. The Hall–Kier alpha value is -2.49. The van der Waals surface area contributed by atoms with Crippen LogP contribution in [0.4, 0.5) is 4.79 Å². The number of benzene rings is 2. The maximum atomic E-state index is 12.8. The molecule has 1 heterocycles. The molecule has 2 amide bonds. The minimum Gasteiger partial charge on any atom is -0.497 e. The first kappa shape index (κ1) is 18.3. The molecule has 1 aliphatic rings. The van der Waals surface area contributed by atoms with Gasteiger partial charge in [0.05, 0.1) is 7.11 Å². The molecule has 4 nitrogen and oxygen atoms in total. The van der Waals surface area contributed by atoms with Crippen LogP contribution < -0.4 is 10.1 Å². The summed E-state index contributed by atoms with van der Waals surface area (Å²) >= 11 is 0. The Balaban J connectivity index is 1.55. The van der Waals surface area contributed by atoms with E-state index in [9.17, 15) is 4.79 Å². The summed E-state index contributed by atoms with van der Waals surface area (Å²) in [5.74, 6) is 0.850. The molecule has 1 aliphatic heterocycles. The van der Waals surface area contributed by atoms with Crippen LogP contribution in [0.25, 0.3) is 0 Å². The third-order valence-electron chi connectivity index (χ3n) is 5.00. The standard InChI is InChI=1S/C22H28N2O2/c1-17(14-19-10-6-12-21(16-19)26-2)23-22(25)24-13-7-11-20(24)15-18-8-4-3-5-9-18/h3-6,8-10,12,16-17,20H,7,11,13-15H2,1-2H3,(H,23,25). The molecule has 2 atom stereocenters. The van der Waals surface area contributed by atoms with Gasteiger partial charge in [0.1, 0.15) is 5.75 Å². The van der Waals surface area contributed by atoms with Crippen molar-refractivity contribution < 1.29 is 9.53 Å². The summed E-state index contributed by atoms with van der Waals surface area (Å²) in [5, 5.41) is 3.17. The molecule has 26 heavy (non-hydrogen) atoms. The highest BCUT2D eigenvalue weighted by Crippen LogP contribution is 2.21. The zero-order chi connectivity index (χ0) is 18.4. The second kappa shape index (κ2) is 8.75. The van der Waals surface area contributed by atoms with Crippen molar-refractivity contribution in [2.45, 2.75) is 44.7 Å². The largest absolute Gasteiger partial charge is 0.497 e. The predicted molar refractivity (Wildman–Crippen MR) is 105 cm³/mol. The van der Waals surface area contributed by atoms with Crippen LogP contribution in [0.15, 0.2) is 54.6 Å². The number of urea groups is 1. The van der Waals surface area contributed by atoms with Crippen molar-refractivity contribution in [1.82, 2.24) is 10.2 Å². The first-order valence-electron chi connectivity index (χ1n) is 9.39. The van der Waals surface area contributed by atoms with E-state index in [0.717, 1.165) is 38.0 Å². The highest BCUT2D eigenvalue weighted by Gasteiger charge is 2.29. The van der Waals surface area contributed by atoms with Gasteiger partial charge in [-0.15, -0.1) is 0 Å². The van der Waals surface area contributed by atoms with E-state index in [-0.39, 0.29) is 12.1 Å². The molecule has 1 fully saturated rings. The van der Waals surface area contributed by atoms with Gasteiger partial charge in [-0.3, -0.25) is 0 Å². The SMILES string of the molecule is COc1cccc(CC(C)NC(=O)N2CCCC2Cc2ccccc2)c1. The number of nitrogens with zero attached hydrogens (tertiary/aromatic N) is 1. The van der Waals surface area contributed by atoms with Crippen molar-refractivity contribution in [2.24, 2.45) is 0 Å². The average molecular weight is 352 g/mol. The summed E-state index contributed by atoms with van der Waals surface area (Å²) < 4.78 is 5.27. The molecule has 0 aromatic heterocycles. The number of carbonyl (C=O) groups is 1. The first-order chi connectivity index (χ1) is 12.7. The summed E-state index contributed by atoms with van der Waals surface area (Å²) in [7, 11) is 1.67. The number of nitrogens with one attached hydrogen (secondary N) is 1. The molecule has 1 saturated heterocycles. The number of hydrogen-bond acceptors (Lipinski definition) is 2. The lowest BCUT2D eigenvalue weighted by molar-refractivity contribution is 0.189. The fraction of sp³-hybridized carbons (Fsp3) is 0.409. The fourth-order valence-electron chi connectivity index (χ4n) is 3.70. The molecule has 1 N–H and O–H groups in total. The molecular weight excluding hydrogens is 324 g/mol. The van der Waals surface area contributed by atoms with E-state index in [1.54, 1.807) is 7.11 Å². The van der Waals surface area contributed by atoms with Crippen molar-refractivity contribution >= 4 is 6.03 Å². The minimum absolute atomic E-state index is 0.0545. The van der Waals surface area contributed by atoms with Gasteiger partial charge >= 0.3 is 6.03 Å². The second-order valence-corrected chi connectivity index (χ2v) is 7.09. The molecule has 0 aliphatic carbocycles.